The molecule has 0 unspecified atom stereocenters. The number of hydrogen-bond acceptors (Lipinski definition) is 4. The summed E-state index contributed by atoms with van der Waals surface area (Å²) in [5.74, 6) is -0.517. The van der Waals surface area contributed by atoms with Crippen LogP contribution in [0.4, 0.5) is 5.69 Å². The first-order chi connectivity index (χ1) is 7.51. The summed E-state index contributed by atoms with van der Waals surface area (Å²) in [5.41, 5.74) is 1.15. The Balaban J connectivity index is 3.42. The Morgan fingerprint density at radius 2 is 2.19 bits per heavy atom. The van der Waals surface area contributed by atoms with Gasteiger partial charge in [0.15, 0.2) is 0 Å². The van der Waals surface area contributed by atoms with E-state index in [1.165, 1.54) is 19.2 Å². The van der Waals surface area contributed by atoms with Crippen LogP contribution in [0.15, 0.2) is 12.1 Å². The molecule has 6 heteroatoms. The predicted octanol–water partition coefficient (Wildman–Crippen LogP) is 2.43. The highest BCUT2D eigenvalue weighted by Crippen LogP contribution is 2.24. The zero-order valence-corrected chi connectivity index (χ0v) is 9.58. The van der Waals surface area contributed by atoms with Crippen LogP contribution in [0, 0.1) is 17.0 Å². The number of nitro benzene ring substituents is 1. The van der Waals surface area contributed by atoms with Crippen LogP contribution in [0.1, 0.15) is 21.5 Å². The quantitative estimate of drug-likeness (QED) is 0.354. The first-order valence-electron chi connectivity index (χ1n) is 4.43. The summed E-state index contributed by atoms with van der Waals surface area (Å²) in [4.78, 5) is 21.5. The lowest BCUT2D eigenvalue weighted by molar-refractivity contribution is -0.384. The number of hydrogen-bond donors (Lipinski definition) is 0. The molecule has 1 aromatic rings. The molecule has 16 heavy (non-hydrogen) atoms. The highest BCUT2D eigenvalue weighted by atomic mass is 35.5. The Morgan fingerprint density at radius 3 is 2.62 bits per heavy atom. The van der Waals surface area contributed by atoms with Gasteiger partial charge >= 0.3 is 5.97 Å². The number of alkyl halides is 1. The van der Waals surface area contributed by atoms with Crippen molar-refractivity contribution in [1.82, 2.24) is 0 Å². The third kappa shape index (κ3) is 2.30. The molecule has 0 aliphatic carbocycles. The van der Waals surface area contributed by atoms with Gasteiger partial charge in [0.05, 0.1) is 17.6 Å². The highest BCUT2D eigenvalue weighted by Gasteiger charge is 2.19. The van der Waals surface area contributed by atoms with Gasteiger partial charge in [-0.1, -0.05) is 0 Å². The minimum Gasteiger partial charge on any atom is -0.465 e. The van der Waals surface area contributed by atoms with Crippen LogP contribution in [0.2, 0.25) is 0 Å². The topological polar surface area (TPSA) is 69.4 Å². The summed E-state index contributed by atoms with van der Waals surface area (Å²) in [7, 11) is 1.22. The van der Waals surface area contributed by atoms with E-state index in [1.807, 2.05) is 0 Å². The number of halogens is 1. The molecule has 0 aliphatic rings. The smallest absolute Gasteiger partial charge is 0.338 e. The largest absolute Gasteiger partial charge is 0.465 e. The molecule has 0 aliphatic heterocycles. The summed E-state index contributed by atoms with van der Waals surface area (Å²) in [6.07, 6.45) is 0. The molecular weight excluding hydrogens is 234 g/mol. The molecule has 86 valence electrons. The Morgan fingerprint density at radius 1 is 1.56 bits per heavy atom. The summed E-state index contributed by atoms with van der Waals surface area (Å²) < 4.78 is 4.55. The zero-order valence-electron chi connectivity index (χ0n) is 8.82. The fourth-order valence-corrected chi connectivity index (χ4v) is 1.73. The lowest BCUT2D eigenvalue weighted by Gasteiger charge is -2.08. The molecule has 0 fully saturated rings. The van der Waals surface area contributed by atoms with Crippen molar-refractivity contribution in [3.63, 3.8) is 0 Å². The predicted molar refractivity (Wildman–Crippen MR) is 58.7 cm³/mol. The maximum absolute atomic E-state index is 11.4. The second-order valence-corrected chi connectivity index (χ2v) is 3.44. The van der Waals surface area contributed by atoms with Crippen molar-refractivity contribution in [2.75, 3.05) is 7.11 Å². The maximum Gasteiger partial charge on any atom is 0.338 e. The fraction of sp³-hybridized carbons (Fsp3) is 0.300. The molecule has 0 radical (unpaired) electrons. The minimum atomic E-state index is -0.623. The van der Waals surface area contributed by atoms with Crippen LogP contribution in [-0.4, -0.2) is 18.0 Å². The van der Waals surface area contributed by atoms with Crippen molar-refractivity contribution in [2.24, 2.45) is 0 Å². The number of carbonyl (C=O) groups is 1. The van der Waals surface area contributed by atoms with Gasteiger partial charge in [0.25, 0.3) is 5.69 Å². The average molecular weight is 244 g/mol. The van der Waals surface area contributed by atoms with Crippen molar-refractivity contribution in [3.8, 4) is 0 Å². The van der Waals surface area contributed by atoms with Gasteiger partial charge < -0.3 is 4.74 Å². The van der Waals surface area contributed by atoms with E-state index in [2.05, 4.69) is 4.74 Å². The van der Waals surface area contributed by atoms with Crippen LogP contribution in [0.5, 0.6) is 0 Å². The molecule has 0 bridgehead atoms. The van der Waals surface area contributed by atoms with Gasteiger partial charge in [0, 0.05) is 18.0 Å². The van der Waals surface area contributed by atoms with E-state index in [0.29, 0.717) is 11.1 Å². The third-order valence-electron chi connectivity index (χ3n) is 2.21. The number of nitrogens with zero attached hydrogens (tertiary/aromatic N) is 1. The van der Waals surface area contributed by atoms with Gasteiger partial charge in [-0.05, 0) is 18.1 Å². The van der Waals surface area contributed by atoms with E-state index in [0.717, 1.165) is 0 Å². The molecular formula is C10H10ClNO4. The first kappa shape index (κ1) is 12.4. The van der Waals surface area contributed by atoms with Crippen molar-refractivity contribution in [2.45, 2.75) is 12.8 Å². The average Bonchev–Trinajstić information content (AvgIpc) is 2.26. The van der Waals surface area contributed by atoms with Crippen molar-refractivity contribution in [1.29, 1.82) is 0 Å². The van der Waals surface area contributed by atoms with Crippen LogP contribution in [0.25, 0.3) is 0 Å². The molecule has 0 atom stereocenters. The second kappa shape index (κ2) is 4.94. The Kier molecular flexibility index (Phi) is 3.84. The number of carbonyl (C=O) groups excluding carboxylic acids is 1. The van der Waals surface area contributed by atoms with Crippen molar-refractivity contribution < 1.29 is 14.5 Å². The summed E-state index contributed by atoms with van der Waals surface area (Å²) >= 11 is 5.69. The molecule has 0 heterocycles. The second-order valence-electron chi connectivity index (χ2n) is 3.17. The normalized spacial score (nSPS) is 9.94. The van der Waals surface area contributed by atoms with E-state index in [4.69, 9.17) is 11.6 Å². The maximum atomic E-state index is 11.4. The number of methoxy groups -OCH3 is 1. The summed E-state index contributed by atoms with van der Waals surface area (Å²) in [6, 6.07) is 2.56. The zero-order chi connectivity index (χ0) is 12.3. The number of rotatable bonds is 3. The molecule has 0 amide bonds. The standard InChI is InChI=1S/C10H10ClNO4/c1-6-3-7(12(14)15)4-8(9(6)5-11)10(13)16-2/h3-4H,5H2,1-2H3. The van der Waals surface area contributed by atoms with Crippen LogP contribution >= 0.6 is 11.6 Å². The molecule has 0 saturated heterocycles. The van der Waals surface area contributed by atoms with Crippen molar-refractivity contribution in [3.05, 3.63) is 38.9 Å². The number of benzene rings is 1. The minimum absolute atomic E-state index is 0.105. The van der Waals surface area contributed by atoms with Gasteiger partial charge in [-0.2, -0.15) is 0 Å². The molecule has 0 aromatic heterocycles. The third-order valence-corrected chi connectivity index (χ3v) is 2.47. The number of nitro groups is 1. The number of aryl methyl sites for hydroxylation is 1. The summed E-state index contributed by atoms with van der Waals surface area (Å²) in [5, 5.41) is 10.6. The van der Waals surface area contributed by atoms with E-state index in [1.54, 1.807) is 6.92 Å². The Hall–Kier alpha value is -1.62. The number of non-ortho nitro benzene ring substituents is 1. The SMILES string of the molecule is COC(=O)c1cc([N+](=O)[O-])cc(C)c1CCl. The van der Waals surface area contributed by atoms with Crippen LogP contribution in [0.3, 0.4) is 0 Å². The van der Waals surface area contributed by atoms with Gasteiger partial charge in [-0.3, -0.25) is 10.1 Å². The Bertz CT molecular complexity index is 445. The van der Waals surface area contributed by atoms with E-state index in [9.17, 15) is 14.9 Å². The highest BCUT2D eigenvalue weighted by molar-refractivity contribution is 6.17. The fourth-order valence-electron chi connectivity index (χ4n) is 1.37. The molecule has 5 nitrogen and oxygen atoms in total. The van der Waals surface area contributed by atoms with Gasteiger partial charge in [-0.15, -0.1) is 11.6 Å². The van der Waals surface area contributed by atoms with Gasteiger partial charge in [-0.25, -0.2) is 4.79 Å². The number of esters is 1. The van der Waals surface area contributed by atoms with E-state index in [-0.39, 0.29) is 17.1 Å². The Labute approximate surface area is 97.1 Å². The van der Waals surface area contributed by atoms with Crippen molar-refractivity contribution >= 4 is 23.3 Å². The molecule has 0 N–H and O–H groups in total. The van der Waals surface area contributed by atoms with Gasteiger partial charge in [0.2, 0.25) is 0 Å². The van der Waals surface area contributed by atoms with Crippen LogP contribution in [-0.2, 0) is 10.6 Å². The lowest BCUT2D eigenvalue weighted by Crippen LogP contribution is -2.07. The molecule has 1 aromatic carbocycles. The summed E-state index contributed by atoms with van der Waals surface area (Å²) in [6.45, 7) is 1.66. The van der Waals surface area contributed by atoms with E-state index >= 15 is 0 Å². The molecule has 0 saturated carbocycles. The first-order valence-corrected chi connectivity index (χ1v) is 4.97. The molecule has 1 rings (SSSR count). The van der Waals surface area contributed by atoms with Crippen LogP contribution < -0.4 is 0 Å². The van der Waals surface area contributed by atoms with E-state index < -0.39 is 10.9 Å². The molecule has 0 spiro atoms. The monoisotopic (exact) mass is 243 g/mol. The lowest BCUT2D eigenvalue weighted by atomic mass is 10.0. The number of ether oxygens (including phenoxy) is 1. The van der Waals surface area contributed by atoms with Gasteiger partial charge in [0.1, 0.15) is 0 Å².